The van der Waals surface area contributed by atoms with Crippen LogP contribution in [0.25, 0.3) is 0 Å². The number of halogens is 3. The van der Waals surface area contributed by atoms with E-state index in [-0.39, 0.29) is 22.3 Å². The third-order valence-corrected chi connectivity index (χ3v) is 2.76. The van der Waals surface area contributed by atoms with Gasteiger partial charge in [0.1, 0.15) is 5.75 Å². The van der Waals surface area contributed by atoms with Gasteiger partial charge in [-0.05, 0) is 6.07 Å². The summed E-state index contributed by atoms with van der Waals surface area (Å²) in [5.41, 5.74) is -0.240. The first-order valence-electron chi connectivity index (χ1n) is 5.58. The average Bonchev–Trinajstić information content (AvgIpc) is 2.43. The summed E-state index contributed by atoms with van der Waals surface area (Å²) < 4.78 is 32.0. The summed E-state index contributed by atoms with van der Waals surface area (Å²) in [6, 6.07) is 4.00. The van der Waals surface area contributed by atoms with Crippen molar-refractivity contribution >= 4 is 23.1 Å². The van der Waals surface area contributed by atoms with E-state index in [0.717, 1.165) is 12.1 Å². The van der Waals surface area contributed by atoms with E-state index in [1.54, 1.807) is 0 Å². The maximum atomic E-state index is 13.6. The van der Waals surface area contributed by atoms with Crippen molar-refractivity contribution in [3.63, 3.8) is 0 Å². The minimum Gasteiger partial charge on any atom is -0.435 e. The fourth-order valence-electron chi connectivity index (χ4n) is 1.49. The number of rotatable bonds is 4. The van der Waals surface area contributed by atoms with Crippen molar-refractivity contribution in [2.75, 3.05) is 12.4 Å². The van der Waals surface area contributed by atoms with E-state index in [0.29, 0.717) is 6.07 Å². The van der Waals surface area contributed by atoms with Gasteiger partial charge in [-0.25, -0.2) is 8.78 Å². The molecule has 0 fully saturated rings. The zero-order chi connectivity index (χ0) is 15.6. The molecule has 0 radical (unpaired) electrons. The Morgan fingerprint density at radius 2 is 2.05 bits per heavy atom. The van der Waals surface area contributed by atoms with Crippen molar-refractivity contribution in [2.24, 2.45) is 0 Å². The summed E-state index contributed by atoms with van der Waals surface area (Å²) in [5, 5.41) is 12.9. The van der Waals surface area contributed by atoms with Gasteiger partial charge in [0.05, 0.1) is 9.95 Å². The number of ether oxygens (including phenoxy) is 1. The van der Waals surface area contributed by atoms with Crippen LogP contribution in [0, 0.1) is 21.7 Å². The molecule has 0 spiro atoms. The molecule has 110 valence electrons. The highest BCUT2D eigenvalue weighted by Crippen LogP contribution is 2.33. The molecule has 2 rings (SSSR count). The van der Waals surface area contributed by atoms with E-state index in [2.05, 4.69) is 10.3 Å². The van der Waals surface area contributed by atoms with Gasteiger partial charge in [0, 0.05) is 25.2 Å². The standard InChI is InChI=1S/C12H8ClF2N3O3/c1-16-11-8(14)5-9(15)12(17-11)21-10-3-2-6(18(19)20)4-7(10)13/h2-5H,1H3,(H,16,17). The molecule has 1 aromatic carbocycles. The Bertz CT molecular complexity index is 712. The number of nitrogens with one attached hydrogen (secondary N) is 1. The minimum absolute atomic E-state index is 0.0395. The number of anilines is 1. The van der Waals surface area contributed by atoms with Gasteiger partial charge in [0.2, 0.25) is 0 Å². The Kier molecular flexibility index (Phi) is 4.18. The molecule has 0 atom stereocenters. The number of pyridine rings is 1. The summed E-state index contributed by atoms with van der Waals surface area (Å²) in [6.45, 7) is 0. The molecular weight excluding hydrogens is 308 g/mol. The highest BCUT2D eigenvalue weighted by atomic mass is 35.5. The molecule has 1 N–H and O–H groups in total. The molecule has 6 nitrogen and oxygen atoms in total. The van der Waals surface area contributed by atoms with Crippen molar-refractivity contribution < 1.29 is 18.4 Å². The van der Waals surface area contributed by atoms with Crippen molar-refractivity contribution in [1.29, 1.82) is 0 Å². The lowest BCUT2D eigenvalue weighted by Gasteiger charge is -2.09. The quantitative estimate of drug-likeness (QED) is 0.686. The maximum Gasteiger partial charge on any atom is 0.271 e. The van der Waals surface area contributed by atoms with Crippen LogP contribution < -0.4 is 10.1 Å². The second-order valence-electron chi connectivity index (χ2n) is 3.83. The Balaban J connectivity index is 2.36. The van der Waals surface area contributed by atoms with Crippen LogP contribution in [0.4, 0.5) is 20.3 Å². The van der Waals surface area contributed by atoms with Gasteiger partial charge in [0.25, 0.3) is 11.6 Å². The number of hydrogen-bond acceptors (Lipinski definition) is 5. The van der Waals surface area contributed by atoms with Crippen molar-refractivity contribution in [2.45, 2.75) is 0 Å². The van der Waals surface area contributed by atoms with E-state index in [1.165, 1.54) is 13.1 Å². The summed E-state index contributed by atoms with van der Waals surface area (Å²) in [6.07, 6.45) is 0. The number of nitrogens with zero attached hydrogens (tertiary/aromatic N) is 2. The third kappa shape index (κ3) is 3.16. The second kappa shape index (κ2) is 5.88. The monoisotopic (exact) mass is 315 g/mol. The van der Waals surface area contributed by atoms with Crippen LogP contribution in [0.15, 0.2) is 24.3 Å². The number of aromatic nitrogens is 1. The smallest absolute Gasteiger partial charge is 0.271 e. The van der Waals surface area contributed by atoms with Crippen LogP contribution in [-0.2, 0) is 0 Å². The fourth-order valence-corrected chi connectivity index (χ4v) is 1.70. The lowest BCUT2D eigenvalue weighted by atomic mass is 10.3. The third-order valence-electron chi connectivity index (χ3n) is 2.47. The average molecular weight is 316 g/mol. The van der Waals surface area contributed by atoms with Crippen LogP contribution in [0.2, 0.25) is 5.02 Å². The molecule has 0 amide bonds. The Morgan fingerprint density at radius 3 is 2.62 bits per heavy atom. The minimum atomic E-state index is -1.03. The number of benzene rings is 1. The number of nitro benzene ring substituents is 1. The summed E-state index contributed by atoms with van der Waals surface area (Å²) >= 11 is 5.81. The highest BCUT2D eigenvalue weighted by Gasteiger charge is 2.16. The van der Waals surface area contributed by atoms with Crippen LogP contribution in [0.1, 0.15) is 0 Å². The highest BCUT2D eigenvalue weighted by molar-refractivity contribution is 6.32. The van der Waals surface area contributed by atoms with Crippen molar-refractivity contribution in [3.05, 3.63) is 51.0 Å². The molecule has 1 heterocycles. The number of hydrogen-bond donors (Lipinski definition) is 1. The van der Waals surface area contributed by atoms with E-state index in [1.807, 2.05) is 0 Å². The summed E-state index contributed by atoms with van der Waals surface area (Å²) in [7, 11) is 1.41. The summed E-state index contributed by atoms with van der Waals surface area (Å²) in [5.74, 6) is -2.65. The van der Waals surface area contributed by atoms with E-state index in [4.69, 9.17) is 16.3 Å². The van der Waals surface area contributed by atoms with Crippen molar-refractivity contribution in [3.8, 4) is 11.6 Å². The summed E-state index contributed by atoms with van der Waals surface area (Å²) in [4.78, 5) is 13.6. The molecule has 2 aromatic rings. The molecule has 0 bridgehead atoms. The molecule has 0 aliphatic heterocycles. The van der Waals surface area contributed by atoms with Gasteiger partial charge < -0.3 is 10.1 Å². The molecule has 0 aliphatic rings. The fraction of sp³-hybridized carbons (Fsp3) is 0.0833. The van der Waals surface area contributed by atoms with Gasteiger partial charge >= 0.3 is 0 Å². The van der Waals surface area contributed by atoms with Crippen LogP contribution in [-0.4, -0.2) is 17.0 Å². The van der Waals surface area contributed by atoms with Gasteiger partial charge in [-0.2, -0.15) is 4.98 Å². The Morgan fingerprint density at radius 1 is 1.33 bits per heavy atom. The normalized spacial score (nSPS) is 10.3. The zero-order valence-electron chi connectivity index (χ0n) is 10.6. The Labute approximate surface area is 122 Å². The Hall–Kier alpha value is -2.48. The number of non-ortho nitro benzene ring substituents is 1. The van der Waals surface area contributed by atoms with E-state index < -0.39 is 22.4 Å². The molecular formula is C12H8ClF2N3O3. The first kappa shape index (κ1) is 14.9. The van der Waals surface area contributed by atoms with Crippen molar-refractivity contribution in [1.82, 2.24) is 4.98 Å². The second-order valence-corrected chi connectivity index (χ2v) is 4.24. The predicted octanol–water partition coefficient (Wildman–Crippen LogP) is 3.76. The molecule has 9 heteroatoms. The van der Waals surface area contributed by atoms with Crippen LogP contribution in [0.3, 0.4) is 0 Å². The van der Waals surface area contributed by atoms with Crippen LogP contribution in [0.5, 0.6) is 11.6 Å². The first-order valence-corrected chi connectivity index (χ1v) is 5.95. The SMILES string of the molecule is CNc1nc(Oc2ccc([N+](=O)[O-])cc2Cl)c(F)cc1F. The maximum absolute atomic E-state index is 13.6. The van der Waals surface area contributed by atoms with Gasteiger partial charge in [-0.15, -0.1) is 0 Å². The molecule has 0 aliphatic carbocycles. The largest absolute Gasteiger partial charge is 0.435 e. The van der Waals surface area contributed by atoms with Gasteiger partial charge in [-0.3, -0.25) is 10.1 Å². The van der Waals surface area contributed by atoms with Gasteiger partial charge in [-0.1, -0.05) is 11.6 Å². The number of nitro groups is 1. The van der Waals surface area contributed by atoms with Gasteiger partial charge in [0.15, 0.2) is 17.5 Å². The van der Waals surface area contributed by atoms with E-state index >= 15 is 0 Å². The molecule has 21 heavy (non-hydrogen) atoms. The molecule has 0 unspecified atom stereocenters. The van der Waals surface area contributed by atoms with Crippen LogP contribution >= 0.6 is 11.6 Å². The lowest BCUT2D eigenvalue weighted by Crippen LogP contribution is -2.01. The lowest BCUT2D eigenvalue weighted by molar-refractivity contribution is -0.384. The molecule has 0 saturated carbocycles. The predicted molar refractivity (Wildman–Crippen MR) is 71.9 cm³/mol. The molecule has 1 aromatic heterocycles. The molecule has 0 saturated heterocycles. The topological polar surface area (TPSA) is 77.3 Å². The first-order chi connectivity index (χ1) is 9.92. The zero-order valence-corrected chi connectivity index (χ0v) is 11.3. The van der Waals surface area contributed by atoms with E-state index in [9.17, 15) is 18.9 Å².